The zero-order valence-corrected chi connectivity index (χ0v) is 7.21. The van der Waals surface area contributed by atoms with Crippen molar-refractivity contribution >= 4 is 11.7 Å². The first kappa shape index (κ1) is 9.82. The number of nitrogens with one attached hydrogen (secondary N) is 2. The highest BCUT2D eigenvalue weighted by Gasteiger charge is 1.97. The van der Waals surface area contributed by atoms with Crippen LogP contribution in [0.4, 0.5) is 5.82 Å². The van der Waals surface area contributed by atoms with Gasteiger partial charge < -0.3 is 0 Å². The van der Waals surface area contributed by atoms with Gasteiger partial charge in [0.05, 0.1) is 0 Å². The number of carbonyl (C=O) groups excluding carboxylic acids is 1. The summed E-state index contributed by atoms with van der Waals surface area (Å²) in [5, 5.41) is 3.09. The fourth-order valence-corrected chi connectivity index (χ4v) is 0.706. The maximum absolute atomic E-state index is 10.9. The minimum Gasteiger partial charge on any atom is -0.282 e. The molecule has 72 valence electrons. The number of hydrogen-bond acceptors (Lipinski definition) is 4. The predicted octanol–water partition coefficient (Wildman–Crippen LogP) is 0.835. The third-order valence-corrected chi connectivity index (χ3v) is 1.27. The Bertz CT molecular complexity index is 344. The SMILES string of the molecule is [N-]=[N+]=NCC(=O)NNc1ccccn1. The van der Waals surface area contributed by atoms with E-state index < -0.39 is 5.91 Å². The molecule has 1 heterocycles. The van der Waals surface area contributed by atoms with E-state index in [2.05, 4.69) is 25.9 Å². The van der Waals surface area contributed by atoms with Crippen molar-refractivity contribution in [1.29, 1.82) is 0 Å². The Morgan fingerprint density at radius 3 is 3.14 bits per heavy atom. The standard InChI is InChI=1S/C7H8N6O/c8-13-10-5-7(14)12-11-6-3-1-2-4-9-6/h1-4H,5H2,(H,9,11)(H,12,14). The van der Waals surface area contributed by atoms with Gasteiger partial charge in [0.2, 0.25) is 5.91 Å². The number of hydrogen-bond donors (Lipinski definition) is 2. The Morgan fingerprint density at radius 1 is 1.64 bits per heavy atom. The second kappa shape index (κ2) is 5.39. The van der Waals surface area contributed by atoms with Crippen LogP contribution >= 0.6 is 0 Å². The lowest BCUT2D eigenvalue weighted by molar-refractivity contribution is -0.119. The monoisotopic (exact) mass is 192 g/mol. The van der Waals surface area contributed by atoms with Gasteiger partial charge in [-0.2, -0.15) is 0 Å². The number of azide groups is 1. The Hall–Kier alpha value is -2.27. The Labute approximate surface area is 79.7 Å². The molecule has 1 aromatic heterocycles. The van der Waals surface area contributed by atoms with Crippen molar-refractivity contribution in [3.63, 3.8) is 0 Å². The van der Waals surface area contributed by atoms with Crippen LogP contribution in [0, 0.1) is 0 Å². The molecule has 1 aromatic rings. The van der Waals surface area contributed by atoms with Gasteiger partial charge in [-0.3, -0.25) is 15.6 Å². The summed E-state index contributed by atoms with van der Waals surface area (Å²) in [5.41, 5.74) is 12.8. The number of aromatic nitrogens is 1. The number of anilines is 1. The maximum atomic E-state index is 10.9. The molecule has 0 aliphatic rings. The summed E-state index contributed by atoms with van der Waals surface area (Å²) in [5.74, 6) is 0.0928. The Morgan fingerprint density at radius 2 is 2.50 bits per heavy atom. The van der Waals surface area contributed by atoms with Crippen LogP contribution in [0.15, 0.2) is 29.5 Å². The van der Waals surface area contributed by atoms with Crippen LogP contribution in [0.5, 0.6) is 0 Å². The predicted molar refractivity (Wildman–Crippen MR) is 50.0 cm³/mol. The molecule has 1 amide bonds. The van der Waals surface area contributed by atoms with Gasteiger partial charge in [-0.05, 0) is 17.7 Å². The number of nitrogens with zero attached hydrogens (tertiary/aromatic N) is 4. The highest BCUT2D eigenvalue weighted by Crippen LogP contribution is 1.96. The maximum Gasteiger partial charge on any atom is 0.244 e. The van der Waals surface area contributed by atoms with Gasteiger partial charge in [0.15, 0.2) is 0 Å². The molecule has 0 fully saturated rings. The largest absolute Gasteiger partial charge is 0.282 e. The molecule has 2 N–H and O–H groups in total. The summed E-state index contributed by atoms with van der Waals surface area (Å²) >= 11 is 0. The minimum atomic E-state index is -0.423. The number of pyridine rings is 1. The summed E-state index contributed by atoms with van der Waals surface area (Å²) in [6.45, 7) is -0.240. The lowest BCUT2D eigenvalue weighted by atomic mass is 10.5. The molecule has 1 rings (SSSR count). The smallest absolute Gasteiger partial charge is 0.244 e. The molecule has 7 heteroatoms. The van der Waals surface area contributed by atoms with Gasteiger partial charge in [-0.1, -0.05) is 11.2 Å². The van der Waals surface area contributed by atoms with E-state index in [1.54, 1.807) is 24.4 Å². The van der Waals surface area contributed by atoms with E-state index in [1.165, 1.54) is 0 Å². The topological polar surface area (TPSA) is 103 Å². The third kappa shape index (κ3) is 3.42. The van der Waals surface area contributed by atoms with Gasteiger partial charge in [0.1, 0.15) is 12.4 Å². The normalized spacial score (nSPS) is 8.57. The fraction of sp³-hybridized carbons (Fsp3) is 0.143. The van der Waals surface area contributed by atoms with Crippen molar-refractivity contribution in [1.82, 2.24) is 10.4 Å². The summed E-state index contributed by atoms with van der Waals surface area (Å²) in [4.78, 5) is 17.3. The van der Waals surface area contributed by atoms with Crippen LogP contribution in [0.2, 0.25) is 0 Å². The fourth-order valence-electron chi connectivity index (χ4n) is 0.706. The molecule has 0 aliphatic carbocycles. The quantitative estimate of drug-likeness (QED) is 0.319. The van der Waals surface area contributed by atoms with Gasteiger partial charge in [0, 0.05) is 11.1 Å². The van der Waals surface area contributed by atoms with Gasteiger partial charge in [-0.15, -0.1) is 0 Å². The second-order valence-electron chi connectivity index (χ2n) is 2.28. The molecule has 0 aliphatic heterocycles. The van der Waals surface area contributed by atoms with Crippen molar-refractivity contribution in [2.45, 2.75) is 0 Å². The molecule has 0 unspecified atom stereocenters. The Kier molecular flexibility index (Phi) is 3.78. The molecule has 7 nitrogen and oxygen atoms in total. The lowest BCUT2D eigenvalue weighted by Crippen LogP contribution is -2.31. The van der Waals surface area contributed by atoms with Crippen molar-refractivity contribution in [3.05, 3.63) is 34.8 Å². The van der Waals surface area contributed by atoms with Crippen molar-refractivity contribution in [3.8, 4) is 0 Å². The molecule has 14 heavy (non-hydrogen) atoms. The van der Waals surface area contributed by atoms with Crippen LogP contribution in [0.25, 0.3) is 10.4 Å². The molecule has 0 bridgehead atoms. The first-order valence-corrected chi connectivity index (χ1v) is 3.79. The summed E-state index contributed by atoms with van der Waals surface area (Å²) in [7, 11) is 0. The average molecular weight is 192 g/mol. The highest BCUT2D eigenvalue weighted by molar-refractivity contribution is 5.79. The van der Waals surface area contributed by atoms with E-state index in [4.69, 9.17) is 5.53 Å². The van der Waals surface area contributed by atoms with E-state index in [9.17, 15) is 4.79 Å². The molecule has 0 saturated heterocycles. The van der Waals surface area contributed by atoms with Gasteiger partial charge in [-0.25, -0.2) is 4.98 Å². The van der Waals surface area contributed by atoms with Crippen LogP contribution < -0.4 is 10.9 Å². The lowest BCUT2D eigenvalue weighted by Gasteiger charge is -2.04. The van der Waals surface area contributed by atoms with Gasteiger partial charge >= 0.3 is 0 Å². The Balaban J connectivity index is 2.34. The zero-order valence-electron chi connectivity index (χ0n) is 7.21. The molecule has 0 spiro atoms. The molecular formula is C7H8N6O. The van der Waals surface area contributed by atoms with Crippen molar-refractivity contribution in [2.75, 3.05) is 12.0 Å². The van der Waals surface area contributed by atoms with E-state index >= 15 is 0 Å². The van der Waals surface area contributed by atoms with E-state index in [0.717, 1.165) is 0 Å². The number of hydrazine groups is 1. The zero-order chi connectivity index (χ0) is 10.2. The first-order chi connectivity index (χ1) is 6.83. The van der Waals surface area contributed by atoms with Crippen LogP contribution in [0.3, 0.4) is 0 Å². The average Bonchev–Trinajstić information content (AvgIpc) is 2.25. The number of rotatable bonds is 4. The minimum absolute atomic E-state index is 0.240. The van der Waals surface area contributed by atoms with Crippen molar-refractivity contribution < 1.29 is 4.79 Å². The summed E-state index contributed by atoms with van der Waals surface area (Å²) in [6.07, 6.45) is 1.59. The van der Waals surface area contributed by atoms with Crippen molar-refractivity contribution in [2.24, 2.45) is 5.11 Å². The van der Waals surface area contributed by atoms with Crippen LogP contribution in [-0.4, -0.2) is 17.4 Å². The number of amides is 1. The number of carbonyl (C=O) groups is 1. The first-order valence-electron chi connectivity index (χ1n) is 3.79. The van der Waals surface area contributed by atoms with E-state index in [1.807, 2.05) is 0 Å². The highest BCUT2D eigenvalue weighted by atomic mass is 16.2. The second-order valence-corrected chi connectivity index (χ2v) is 2.28. The summed E-state index contributed by atoms with van der Waals surface area (Å²) < 4.78 is 0. The molecule has 0 radical (unpaired) electrons. The summed E-state index contributed by atoms with van der Waals surface area (Å²) in [6, 6.07) is 5.22. The molecule has 0 aromatic carbocycles. The molecule has 0 atom stereocenters. The van der Waals surface area contributed by atoms with Crippen LogP contribution in [0.1, 0.15) is 0 Å². The van der Waals surface area contributed by atoms with Crippen LogP contribution in [-0.2, 0) is 4.79 Å². The van der Waals surface area contributed by atoms with E-state index in [-0.39, 0.29) is 6.54 Å². The molecular weight excluding hydrogens is 184 g/mol. The van der Waals surface area contributed by atoms with Gasteiger partial charge in [0.25, 0.3) is 0 Å². The molecule has 0 saturated carbocycles. The third-order valence-electron chi connectivity index (χ3n) is 1.27. The van der Waals surface area contributed by atoms with E-state index in [0.29, 0.717) is 5.82 Å².